The van der Waals surface area contributed by atoms with E-state index in [0.717, 1.165) is 28.1 Å². The summed E-state index contributed by atoms with van der Waals surface area (Å²) < 4.78 is 15.9. The molecule has 152 valence electrons. The van der Waals surface area contributed by atoms with Gasteiger partial charge in [-0.1, -0.05) is 18.2 Å². The molecule has 1 amide bonds. The molecule has 7 heteroatoms. The SMILES string of the molecule is COc1cccc(CCC(=O)Nc2n[nH]c(C)c2-c2ccc(OC)c(OC)c2)c1. The number of aromatic amines is 1. The van der Waals surface area contributed by atoms with Crippen molar-refractivity contribution < 1.29 is 19.0 Å². The average Bonchev–Trinajstić information content (AvgIpc) is 3.11. The number of H-pyrrole nitrogens is 1. The van der Waals surface area contributed by atoms with Crippen molar-refractivity contribution >= 4 is 11.7 Å². The van der Waals surface area contributed by atoms with E-state index in [0.29, 0.717) is 30.2 Å². The fourth-order valence-electron chi connectivity index (χ4n) is 3.14. The largest absolute Gasteiger partial charge is 0.497 e. The molecule has 0 fully saturated rings. The van der Waals surface area contributed by atoms with E-state index in [9.17, 15) is 4.79 Å². The molecule has 0 aliphatic heterocycles. The van der Waals surface area contributed by atoms with Crippen molar-refractivity contribution in [2.45, 2.75) is 19.8 Å². The number of hydrogen-bond donors (Lipinski definition) is 2. The molecular weight excluding hydrogens is 370 g/mol. The maximum absolute atomic E-state index is 12.5. The molecule has 29 heavy (non-hydrogen) atoms. The number of nitrogens with zero attached hydrogens (tertiary/aromatic N) is 1. The number of hydrogen-bond acceptors (Lipinski definition) is 5. The van der Waals surface area contributed by atoms with Crippen molar-refractivity contribution in [3.8, 4) is 28.4 Å². The predicted octanol–water partition coefficient (Wildman–Crippen LogP) is 3.98. The molecule has 0 aliphatic rings. The number of amides is 1. The van der Waals surface area contributed by atoms with Crippen LogP contribution in [0.1, 0.15) is 17.7 Å². The number of aryl methyl sites for hydroxylation is 2. The van der Waals surface area contributed by atoms with Crippen LogP contribution in [0.3, 0.4) is 0 Å². The highest BCUT2D eigenvalue weighted by atomic mass is 16.5. The summed E-state index contributed by atoms with van der Waals surface area (Å²) in [6, 6.07) is 13.3. The third kappa shape index (κ3) is 4.68. The lowest BCUT2D eigenvalue weighted by atomic mass is 10.0. The first-order valence-electron chi connectivity index (χ1n) is 9.25. The molecule has 0 radical (unpaired) electrons. The Kier molecular flexibility index (Phi) is 6.39. The van der Waals surface area contributed by atoms with Gasteiger partial charge in [-0.05, 0) is 48.7 Å². The molecule has 0 atom stereocenters. The van der Waals surface area contributed by atoms with Crippen LogP contribution < -0.4 is 19.5 Å². The number of carbonyl (C=O) groups is 1. The maximum Gasteiger partial charge on any atom is 0.225 e. The van der Waals surface area contributed by atoms with Crippen molar-refractivity contribution in [2.75, 3.05) is 26.6 Å². The number of nitrogens with one attached hydrogen (secondary N) is 2. The van der Waals surface area contributed by atoms with Gasteiger partial charge in [-0.3, -0.25) is 9.89 Å². The summed E-state index contributed by atoms with van der Waals surface area (Å²) >= 11 is 0. The van der Waals surface area contributed by atoms with Crippen LogP contribution in [0, 0.1) is 6.92 Å². The second kappa shape index (κ2) is 9.14. The highest BCUT2D eigenvalue weighted by molar-refractivity contribution is 5.94. The van der Waals surface area contributed by atoms with Crippen molar-refractivity contribution in [3.63, 3.8) is 0 Å². The number of methoxy groups -OCH3 is 3. The van der Waals surface area contributed by atoms with Crippen molar-refractivity contribution in [2.24, 2.45) is 0 Å². The Morgan fingerprint density at radius 2 is 1.83 bits per heavy atom. The lowest BCUT2D eigenvalue weighted by molar-refractivity contribution is -0.116. The summed E-state index contributed by atoms with van der Waals surface area (Å²) in [4.78, 5) is 12.5. The molecule has 0 saturated heterocycles. The molecule has 0 aliphatic carbocycles. The van der Waals surface area contributed by atoms with Crippen LogP contribution in [0.15, 0.2) is 42.5 Å². The van der Waals surface area contributed by atoms with Crippen molar-refractivity contribution in [3.05, 3.63) is 53.7 Å². The van der Waals surface area contributed by atoms with Gasteiger partial charge in [-0.15, -0.1) is 0 Å². The van der Waals surface area contributed by atoms with E-state index in [4.69, 9.17) is 14.2 Å². The molecule has 1 aromatic heterocycles. The first-order valence-corrected chi connectivity index (χ1v) is 9.25. The molecule has 3 aromatic rings. The van der Waals surface area contributed by atoms with Crippen molar-refractivity contribution in [1.82, 2.24) is 10.2 Å². The van der Waals surface area contributed by atoms with E-state index < -0.39 is 0 Å². The lowest BCUT2D eigenvalue weighted by Crippen LogP contribution is -2.13. The molecule has 0 saturated carbocycles. The minimum atomic E-state index is -0.110. The zero-order valence-electron chi connectivity index (χ0n) is 17.0. The van der Waals surface area contributed by atoms with Gasteiger partial charge < -0.3 is 19.5 Å². The first kappa shape index (κ1) is 20.3. The molecule has 0 unspecified atom stereocenters. The van der Waals surface area contributed by atoms with Crippen LogP contribution in [-0.2, 0) is 11.2 Å². The average molecular weight is 395 g/mol. The van der Waals surface area contributed by atoms with Crippen LogP contribution in [0.4, 0.5) is 5.82 Å². The van der Waals surface area contributed by atoms with E-state index in [1.54, 1.807) is 21.3 Å². The van der Waals surface area contributed by atoms with Gasteiger partial charge in [0.1, 0.15) is 5.75 Å². The quantitative estimate of drug-likeness (QED) is 0.603. The number of rotatable bonds is 8. The zero-order valence-corrected chi connectivity index (χ0v) is 17.0. The van der Waals surface area contributed by atoms with E-state index in [2.05, 4.69) is 15.5 Å². The standard InChI is InChI=1S/C22H25N3O4/c1-14-21(16-9-10-18(28-3)19(13-16)29-4)22(25-24-14)23-20(26)11-8-15-6-5-7-17(12-15)27-2/h5-7,9-10,12-13H,8,11H2,1-4H3,(H2,23,24,25,26). The van der Waals surface area contributed by atoms with Crippen LogP contribution >= 0.6 is 0 Å². The van der Waals surface area contributed by atoms with Crippen LogP contribution in [0.2, 0.25) is 0 Å². The van der Waals surface area contributed by atoms with Crippen LogP contribution in [-0.4, -0.2) is 37.4 Å². The fourth-order valence-corrected chi connectivity index (χ4v) is 3.14. The topological polar surface area (TPSA) is 85.5 Å². The number of aromatic nitrogens is 2. The maximum atomic E-state index is 12.5. The molecule has 2 N–H and O–H groups in total. The molecule has 7 nitrogen and oxygen atoms in total. The van der Waals surface area contributed by atoms with E-state index in [1.165, 1.54) is 0 Å². The minimum absolute atomic E-state index is 0.110. The smallest absolute Gasteiger partial charge is 0.225 e. The number of carbonyl (C=O) groups excluding carboxylic acids is 1. The number of anilines is 1. The van der Waals surface area contributed by atoms with Gasteiger partial charge in [-0.25, -0.2) is 0 Å². The van der Waals surface area contributed by atoms with Crippen LogP contribution in [0.5, 0.6) is 17.2 Å². The Bertz CT molecular complexity index is 997. The highest BCUT2D eigenvalue weighted by Crippen LogP contribution is 2.36. The lowest BCUT2D eigenvalue weighted by Gasteiger charge is -2.11. The van der Waals surface area contributed by atoms with Crippen LogP contribution in [0.25, 0.3) is 11.1 Å². The third-order valence-electron chi connectivity index (χ3n) is 4.65. The van der Waals surface area contributed by atoms with Crippen molar-refractivity contribution in [1.29, 1.82) is 0 Å². The van der Waals surface area contributed by atoms with Gasteiger partial charge >= 0.3 is 0 Å². The van der Waals surface area contributed by atoms with E-state index in [-0.39, 0.29) is 5.91 Å². The van der Waals surface area contributed by atoms with Gasteiger partial charge in [0.2, 0.25) is 5.91 Å². The Hall–Kier alpha value is -3.48. The van der Waals surface area contributed by atoms with Gasteiger partial charge in [0.25, 0.3) is 0 Å². The van der Waals surface area contributed by atoms with Gasteiger partial charge in [0.15, 0.2) is 17.3 Å². The summed E-state index contributed by atoms with van der Waals surface area (Å²) in [6.45, 7) is 1.91. The molecule has 0 spiro atoms. The first-order chi connectivity index (χ1) is 14.0. The Balaban J connectivity index is 1.75. The number of ether oxygens (including phenoxy) is 3. The normalized spacial score (nSPS) is 10.5. The summed E-state index contributed by atoms with van der Waals surface area (Å²) in [5, 5.41) is 10.1. The number of benzene rings is 2. The summed E-state index contributed by atoms with van der Waals surface area (Å²) in [5.74, 6) is 2.41. The molecule has 0 bridgehead atoms. The summed E-state index contributed by atoms with van der Waals surface area (Å²) in [6.07, 6.45) is 0.947. The van der Waals surface area contributed by atoms with Gasteiger partial charge in [-0.2, -0.15) is 5.10 Å². The third-order valence-corrected chi connectivity index (χ3v) is 4.65. The van der Waals surface area contributed by atoms with Gasteiger partial charge in [0.05, 0.1) is 21.3 Å². The van der Waals surface area contributed by atoms with Gasteiger partial charge in [0, 0.05) is 17.7 Å². The predicted molar refractivity (Wildman–Crippen MR) is 112 cm³/mol. The highest BCUT2D eigenvalue weighted by Gasteiger charge is 2.17. The van der Waals surface area contributed by atoms with E-state index >= 15 is 0 Å². The molecule has 3 rings (SSSR count). The fraction of sp³-hybridized carbons (Fsp3) is 0.273. The Labute approximate surface area is 170 Å². The monoisotopic (exact) mass is 395 g/mol. The Morgan fingerprint density at radius 3 is 2.55 bits per heavy atom. The molecular formula is C22H25N3O4. The summed E-state index contributed by atoms with van der Waals surface area (Å²) in [7, 11) is 4.81. The second-order valence-corrected chi connectivity index (χ2v) is 6.54. The molecule has 1 heterocycles. The minimum Gasteiger partial charge on any atom is -0.497 e. The summed E-state index contributed by atoms with van der Waals surface area (Å²) in [5.41, 5.74) is 3.58. The Morgan fingerprint density at radius 1 is 1.03 bits per heavy atom. The zero-order chi connectivity index (χ0) is 20.8. The second-order valence-electron chi connectivity index (χ2n) is 6.54. The molecule has 2 aromatic carbocycles. The van der Waals surface area contributed by atoms with E-state index in [1.807, 2.05) is 49.4 Å².